The molecule has 0 radical (unpaired) electrons. The van der Waals surface area contributed by atoms with Crippen molar-refractivity contribution >= 4 is 16.2 Å². The molecule has 1 aromatic rings. The molecule has 7 nitrogen and oxygen atoms in total. The number of amides is 1. The van der Waals surface area contributed by atoms with Gasteiger partial charge in [-0.05, 0) is 12.1 Å². The van der Waals surface area contributed by atoms with Crippen molar-refractivity contribution < 1.29 is 22.5 Å². The molecular formula is C8H12N2O5S. The number of aromatic nitrogens is 1. The number of nitrogens with zero attached hydrogens (tertiary/aromatic N) is 1. The number of primary amides is 1. The maximum absolute atomic E-state index is 10.6. The van der Waals surface area contributed by atoms with Gasteiger partial charge in [0, 0.05) is 6.20 Å². The van der Waals surface area contributed by atoms with Gasteiger partial charge in [-0.15, -0.1) is 0 Å². The molecule has 0 aliphatic carbocycles. The SMILES string of the molecule is CS(=O)(=O)OCc1ccccn1.NC(=O)O. The third-order valence-corrected chi connectivity index (χ3v) is 1.69. The average Bonchev–Trinajstić information content (AvgIpc) is 2.14. The molecular weight excluding hydrogens is 236 g/mol. The third kappa shape index (κ3) is 10.4. The first kappa shape index (κ1) is 14.3. The van der Waals surface area contributed by atoms with Crippen LogP contribution >= 0.6 is 0 Å². The first-order chi connectivity index (χ1) is 7.31. The standard InChI is InChI=1S/C7H9NO3S.CH3NO2/c1-12(9,10)11-6-7-4-2-3-5-8-7;2-1(3)4/h2-5H,6H2,1H3;2H2,(H,3,4). The van der Waals surface area contributed by atoms with E-state index in [0.29, 0.717) is 5.69 Å². The van der Waals surface area contributed by atoms with E-state index in [0.717, 1.165) is 6.26 Å². The number of carboxylic acid groups (broad SMARTS) is 1. The number of hydrogen-bond donors (Lipinski definition) is 2. The Morgan fingerprint density at radius 2 is 2.12 bits per heavy atom. The lowest BCUT2D eigenvalue weighted by molar-refractivity contribution is 0.205. The second kappa shape index (κ2) is 6.75. The van der Waals surface area contributed by atoms with Crippen LogP contribution in [-0.2, 0) is 20.9 Å². The van der Waals surface area contributed by atoms with Gasteiger partial charge in [0.2, 0.25) is 0 Å². The highest BCUT2D eigenvalue weighted by Gasteiger charge is 2.01. The second-order valence-electron chi connectivity index (χ2n) is 2.63. The zero-order valence-corrected chi connectivity index (χ0v) is 9.35. The molecule has 16 heavy (non-hydrogen) atoms. The van der Waals surface area contributed by atoms with Crippen LogP contribution in [0.2, 0.25) is 0 Å². The van der Waals surface area contributed by atoms with E-state index in [9.17, 15) is 8.42 Å². The minimum Gasteiger partial charge on any atom is -0.465 e. The fraction of sp³-hybridized carbons (Fsp3) is 0.250. The Morgan fingerprint density at radius 3 is 2.50 bits per heavy atom. The van der Waals surface area contributed by atoms with Crippen LogP contribution in [0.5, 0.6) is 0 Å². The van der Waals surface area contributed by atoms with E-state index in [1.165, 1.54) is 0 Å². The highest BCUT2D eigenvalue weighted by Crippen LogP contribution is 1.98. The smallest absolute Gasteiger partial charge is 0.402 e. The third-order valence-electron chi connectivity index (χ3n) is 1.15. The summed E-state index contributed by atoms with van der Waals surface area (Å²) in [6.45, 7) is -0.000324. The van der Waals surface area contributed by atoms with Gasteiger partial charge in [0.05, 0.1) is 11.9 Å². The Morgan fingerprint density at radius 1 is 1.56 bits per heavy atom. The van der Waals surface area contributed by atoms with Crippen molar-refractivity contribution in [3.8, 4) is 0 Å². The second-order valence-corrected chi connectivity index (χ2v) is 4.27. The van der Waals surface area contributed by atoms with Crippen molar-refractivity contribution in [2.45, 2.75) is 6.61 Å². The molecule has 0 bridgehead atoms. The van der Waals surface area contributed by atoms with Gasteiger partial charge in [-0.1, -0.05) is 6.07 Å². The van der Waals surface area contributed by atoms with Crippen molar-refractivity contribution in [1.82, 2.24) is 4.98 Å². The summed E-state index contributed by atoms with van der Waals surface area (Å²) in [6.07, 6.45) is 1.26. The number of hydrogen-bond acceptors (Lipinski definition) is 5. The van der Waals surface area contributed by atoms with Gasteiger partial charge in [0.25, 0.3) is 10.1 Å². The molecule has 1 amide bonds. The Balaban J connectivity index is 0.000000487. The van der Waals surface area contributed by atoms with E-state index < -0.39 is 16.2 Å². The topological polar surface area (TPSA) is 120 Å². The van der Waals surface area contributed by atoms with Crippen LogP contribution in [0.25, 0.3) is 0 Å². The Labute approximate surface area is 93.0 Å². The van der Waals surface area contributed by atoms with Crippen molar-refractivity contribution in [1.29, 1.82) is 0 Å². The molecule has 0 atom stereocenters. The molecule has 0 aliphatic heterocycles. The van der Waals surface area contributed by atoms with Crippen LogP contribution in [-0.4, -0.2) is 30.9 Å². The van der Waals surface area contributed by atoms with Crippen molar-refractivity contribution in [3.63, 3.8) is 0 Å². The van der Waals surface area contributed by atoms with E-state index in [-0.39, 0.29) is 6.61 Å². The fourth-order valence-electron chi connectivity index (χ4n) is 0.651. The van der Waals surface area contributed by atoms with Gasteiger partial charge in [-0.3, -0.25) is 9.17 Å². The molecule has 1 rings (SSSR count). The average molecular weight is 248 g/mol. The van der Waals surface area contributed by atoms with Gasteiger partial charge in [0.15, 0.2) is 0 Å². The van der Waals surface area contributed by atoms with E-state index >= 15 is 0 Å². The Bertz CT molecular complexity index is 413. The minimum atomic E-state index is -3.36. The monoisotopic (exact) mass is 248 g/mol. The molecule has 0 aliphatic rings. The van der Waals surface area contributed by atoms with E-state index in [2.05, 4.69) is 14.9 Å². The van der Waals surface area contributed by atoms with Crippen LogP contribution in [0, 0.1) is 0 Å². The molecule has 0 saturated heterocycles. The van der Waals surface area contributed by atoms with Crippen LogP contribution in [0.3, 0.4) is 0 Å². The normalized spacial score (nSPS) is 10.1. The quantitative estimate of drug-likeness (QED) is 0.736. The van der Waals surface area contributed by atoms with E-state index in [1.807, 2.05) is 0 Å². The van der Waals surface area contributed by atoms with E-state index in [1.54, 1.807) is 24.4 Å². The molecule has 3 N–H and O–H groups in total. The molecule has 0 aromatic carbocycles. The first-order valence-electron chi connectivity index (χ1n) is 4.04. The van der Waals surface area contributed by atoms with Crippen LogP contribution in [0.4, 0.5) is 4.79 Å². The highest BCUT2D eigenvalue weighted by atomic mass is 32.2. The number of nitrogens with two attached hydrogens (primary N) is 1. The zero-order chi connectivity index (χ0) is 12.6. The summed E-state index contributed by atoms with van der Waals surface area (Å²) in [4.78, 5) is 12.7. The lowest BCUT2D eigenvalue weighted by Gasteiger charge is -1.98. The summed E-state index contributed by atoms with van der Waals surface area (Å²) in [5, 5.41) is 7.19. The Kier molecular flexibility index (Phi) is 6.04. The molecule has 8 heteroatoms. The molecule has 1 heterocycles. The number of rotatable bonds is 3. The van der Waals surface area contributed by atoms with Gasteiger partial charge >= 0.3 is 6.09 Å². The van der Waals surface area contributed by atoms with Gasteiger partial charge in [-0.25, -0.2) is 4.79 Å². The van der Waals surface area contributed by atoms with Gasteiger partial charge < -0.3 is 10.8 Å². The van der Waals surface area contributed by atoms with Gasteiger partial charge in [-0.2, -0.15) is 8.42 Å². The fourth-order valence-corrected chi connectivity index (χ4v) is 0.986. The molecule has 0 unspecified atom stereocenters. The van der Waals surface area contributed by atoms with Crippen LogP contribution in [0.1, 0.15) is 5.69 Å². The van der Waals surface area contributed by atoms with Crippen molar-refractivity contribution in [2.75, 3.05) is 6.26 Å². The summed E-state index contributed by atoms with van der Waals surface area (Å²) < 4.78 is 25.6. The largest absolute Gasteiger partial charge is 0.465 e. The number of carbonyl (C=O) groups is 1. The van der Waals surface area contributed by atoms with Crippen LogP contribution in [0.15, 0.2) is 24.4 Å². The summed E-state index contributed by atoms with van der Waals surface area (Å²) >= 11 is 0. The van der Waals surface area contributed by atoms with E-state index in [4.69, 9.17) is 9.90 Å². The molecule has 0 saturated carbocycles. The summed E-state index contributed by atoms with van der Waals surface area (Å²) in [6, 6.07) is 5.23. The highest BCUT2D eigenvalue weighted by molar-refractivity contribution is 7.85. The van der Waals surface area contributed by atoms with Crippen molar-refractivity contribution in [3.05, 3.63) is 30.1 Å². The summed E-state index contributed by atoms with van der Waals surface area (Å²) in [5.74, 6) is 0. The predicted octanol–water partition coefficient (Wildman–Crippen LogP) is 0.181. The molecule has 90 valence electrons. The predicted molar refractivity (Wildman–Crippen MR) is 56.1 cm³/mol. The zero-order valence-electron chi connectivity index (χ0n) is 8.53. The maximum atomic E-state index is 10.6. The lowest BCUT2D eigenvalue weighted by Crippen LogP contribution is -2.03. The maximum Gasteiger partial charge on any atom is 0.402 e. The first-order valence-corrected chi connectivity index (χ1v) is 5.85. The van der Waals surface area contributed by atoms with Gasteiger partial charge in [0.1, 0.15) is 6.61 Å². The Hall–Kier alpha value is -1.67. The summed E-state index contributed by atoms with van der Waals surface area (Å²) in [7, 11) is -3.36. The molecule has 0 spiro atoms. The number of pyridine rings is 1. The summed E-state index contributed by atoms with van der Waals surface area (Å²) in [5.41, 5.74) is 4.63. The lowest BCUT2D eigenvalue weighted by atomic mass is 10.4. The van der Waals surface area contributed by atoms with Crippen molar-refractivity contribution in [2.24, 2.45) is 5.73 Å². The minimum absolute atomic E-state index is 0.000324. The molecule has 1 aromatic heterocycles. The molecule has 0 fully saturated rings. The van der Waals surface area contributed by atoms with Crippen LogP contribution < -0.4 is 5.73 Å².